The summed E-state index contributed by atoms with van der Waals surface area (Å²) in [5.74, 6) is 0. The molecule has 0 aliphatic rings. The van der Waals surface area contributed by atoms with Crippen molar-refractivity contribution in [3.8, 4) is 0 Å². The first-order valence-electron chi connectivity index (χ1n) is 3.32. The van der Waals surface area contributed by atoms with E-state index in [1.165, 1.54) is 0 Å². The van der Waals surface area contributed by atoms with Crippen molar-refractivity contribution in [2.24, 2.45) is 0 Å². The van der Waals surface area contributed by atoms with Crippen LogP contribution in [0, 0.1) is 0 Å². The number of hydrogen-bond donors (Lipinski definition) is 0. The largest absolute Gasteiger partial charge is 0.261 e. The normalized spacial score (nSPS) is 10.5. The molecule has 2 nitrogen and oxygen atoms in total. The van der Waals surface area contributed by atoms with Crippen molar-refractivity contribution in [3.63, 3.8) is 0 Å². The maximum absolute atomic E-state index is 4.15. The number of alkyl halides is 2. The van der Waals surface area contributed by atoms with Crippen LogP contribution in [0.2, 0.25) is 0 Å². The van der Waals surface area contributed by atoms with Crippen LogP contribution in [0.15, 0.2) is 18.6 Å². The van der Waals surface area contributed by atoms with Crippen molar-refractivity contribution in [1.82, 2.24) is 9.97 Å². The molecule has 1 heterocycles. The first-order valence-corrected chi connectivity index (χ1v) is 5.15. The smallest absolute Gasteiger partial charge is 0.0701 e. The third-order valence-corrected chi connectivity index (χ3v) is 2.15. The molecule has 1 aromatic rings. The minimum Gasteiger partial charge on any atom is -0.261 e. The Morgan fingerprint density at radius 3 is 2.73 bits per heavy atom. The molecule has 0 amide bonds. The van der Waals surface area contributed by atoms with E-state index in [4.69, 9.17) is 0 Å². The highest BCUT2D eigenvalue weighted by Crippen LogP contribution is 2.14. The molecule has 0 spiro atoms. The minimum atomic E-state index is 0.372. The van der Waals surface area contributed by atoms with Gasteiger partial charge in [0.15, 0.2) is 0 Å². The maximum atomic E-state index is 4.15. The molecule has 0 aromatic carbocycles. The molecule has 0 atom stereocenters. The molecule has 0 N–H and O–H groups in total. The van der Waals surface area contributed by atoms with Gasteiger partial charge in [0.1, 0.15) is 0 Å². The number of aryl methyl sites for hydroxylation is 1. The topological polar surface area (TPSA) is 25.8 Å². The lowest BCUT2D eigenvalue weighted by Gasteiger charge is -1.99. The Kier molecular flexibility index (Phi) is 4.01. The Morgan fingerprint density at radius 2 is 2.18 bits per heavy atom. The van der Waals surface area contributed by atoms with Crippen LogP contribution in [0.1, 0.15) is 12.1 Å². The van der Waals surface area contributed by atoms with Crippen molar-refractivity contribution in [2.45, 2.75) is 16.6 Å². The molecule has 0 unspecified atom stereocenters. The number of nitrogens with zero attached hydrogens (tertiary/aromatic N) is 2. The Bertz CT molecular complexity index is 201. The van der Waals surface area contributed by atoms with Gasteiger partial charge < -0.3 is 0 Å². The maximum Gasteiger partial charge on any atom is 0.0701 e. The number of hydrogen-bond acceptors (Lipinski definition) is 2. The van der Waals surface area contributed by atoms with Gasteiger partial charge in [0.2, 0.25) is 0 Å². The molecule has 0 fully saturated rings. The molecule has 0 saturated carbocycles. The molecule has 11 heavy (non-hydrogen) atoms. The Hall–Kier alpha value is 0.0400. The SMILES string of the molecule is BrC(Br)CCc1cnccn1. The average molecular weight is 280 g/mol. The fraction of sp³-hybridized carbons (Fsp3) is 0.429. The van der Waals surface area contributed by atoms with Crippen LogP contribution in [0.3, 0.4) is 0 Å². The van der Waals surface area contributed by atoms with Gasteiger partial charge in [0.25, 0.3) is 0 Å². The minimum absolute atomic E-state index is 0.372. The second-order valence-electron chi connectivity index (χ2n) is 2.13. The molecular formula is C7H8Br2N2. The van der Waals surface area contributed by atoms with Crippen LogP contribution >= 0.6 is 31.9 Å². The fourth-order valence-electron chi connectivity index (χ4n) is 0.716. The van der Waals surface area contributed by atoms with E-state index in [2.05, 4.69) is 41.8 Å². The van der Waals surface area contributed by atoms with Crippen LogP contribution in [0.25, 0.3) is 0 Å². The Morgan fingerprint density at radius 1 is 1.36 bits per heavy atom. The van der Waals surface area contributed by atoms with Crippen LogP contribution in [-0.4, -0.2) is 13.7 Å². The predicted molar refractivity (Wildman–Crippen MR) is 52.0 cm³/mol. The van der Waals surface area contributed by atoms with Crippen molar-refractivity contribution in [3.05, 3.63) is 24.3 Å². The van der Waals surface area contributed by atoms with Gasteiger partial charge in [-0.25, -0.2) is 0 Å². The summed E-state index contributed by atoms with van der Waals surface area (Å²) in [4.78, 5) is 8.12. The summed E-state index contributed by atoms with van der Waals surface area (Å²) in [6.07, 6.45) is 7.17. The van der Waals surface area contributed by atoms with E-state index in [0.29, 0.717) is 3.74 Å². The lowest BCUT2D eigenvalue weighted by atomic mass is 10.3. The van der Waals surface area contributed by atoms with Gasteiger partial charge in [-0.1, -0.05) is 31.9 Å². The molecule has 4 heteroatoms. The van der Waals surface area contributed by atoms with E-state index in [1.54, 1.807) is 18.6 Å². The van der Waals surface area contributed by atoms with Gasteiger partial charge in [0, 0.05) is 18.6 Å². The highest BCUT2D eigenvalue weighted by atomic mass is 79.9. The van der Waals surface area contributed by atoms with Gasteiger partial charge in [-0.15, -0.1) is 0 Å². The van der Waals surface area contributed by atoms with Gasteiger partial charge in [-0.2, -0.15) is 0 Å². The molecule has 0 aliphatic carbocycles. The third kappa shape index (κ3) is 3.82. The lowest BCUT2D eigenvalue weighted by molar-refractivity contribution is 0.868. The van der Waals surface area contributed by atoms with E-state index in [1.807, 2.05) is 0 Å². The predicted octanol–water partition coefficient (Wildman–Crippen LogP) is 2.53. The highest BCUT2D eigenvalue weighted by Gasteiger charge is 1.99. The number of halogens is 2. The average Bonchev–Trinajstić information content (AvgIpc) is 2.03. The van der Waals surface area contributed by atoms with E-state index < -0.39 is 0 Å². The zero-order chi connectivity index (χ0) is 8.10. The van der Waals surface area contributed by atoms with E-state index in [-0.39, 0.29) is 0 Å². The number of aromatic nitrogens is 2. The van der Waals surface area contributed by atoms with Crippen LogP contribution < -0.4 is 0 Å². The summed E-state index contributed by atoms with van der Waals surface area (Å²) in [7, 11) is 0. The molecule has 0 bridgehead atoms. The first-order chi connectivity index (χ1) is 5.29. The Labute approximate surface area is 82.7 Å². The molecule has 0 aliphatic heterocycles. The van der Waals surface area contributed by atoms with Gasteiger partial charge in [-0.05, 0) is 12.8 Å². The van der Waals surface area contributed by atoms with E-state index in [9.17, 15) is 0 Å². The van der Waals surface area contributed by atoms with Crippen molar-refractivity contribution in [1.29, 1.82) is 0 Å². The van der Waals surface area contributed by atoms with Crippen molar-refractivity contribution >= 4 is 31.9 Å². The van der Waals surface area contributed by atoms with Gasteiger partial charge >= 0.3 is 0 Å². The quantitative estimate of drug-likeness (QED) is 0.795. The van der Waals surface area contributed by atoms with Crippen LogP contribution in [0.5, 0.6) is 0 Å². The first kappa shape index (κ1) is 9.13. The zero-order valence-corrected chi connectivity index (χ0v) is 9.05. The summed E-state index contributed by atoms with van der Waals surface area (Å²) in [6.45, 7) is 0. The summed E-state index contributed by atoms with van der Waals surface area (Å²) in [5, 5.41) is 0. The van der Waals surface area contributed by atoms with Crippen molar-refractivity contribution < 1.29 is 0 Å². The van der Waals surface area contributed by atoms with E-state index >= 15 is 0 Å². The molecule has 0 saturated heterocycles. The van der Waals surface area contributed by atoms with Crippen LogP contribution in [0.4, 0.5) is 0 Å². The monoisotopic (exact) mass is 278 g/mol. The molecular weight excluding hydrogens is 272 g/mol. The van der Waals surface area contributed by atoms with Gasteiger partial charge in [0.05, 0.1) is 9.43 Å². The summed E-state index contributed by atoms with van der Waals surface area (Å²) in [5.41, 5.74) is 1.04. The van der Waals surface area contributed by atoms with Crippen molar-refractivity contribution in [2.75, 3.05) is 0 Å². The number of rotatable bonds is 3. The second kappa shape index (κ2) is 4.83. The summed E-state index contributed by atoms with van der Waals surface area (Å²) >= 11 is 6.80. The second-order valence-corrected chi connectivity index (χ2v) is 5.57. The molecule has 1 rings (SSSR count). The fourth-order valence-corrected chi connectivity index (χ4v) is 1.17. The molecule has 60 valence electrons. The molecule has 1 aromatic heterocycles. The highest BCUT2D eigenvalue weighted by molar-refractivity contribution is 9.24. The zero-order valence-electron chi connectivity index (χ0n) is 5.87. The van der Waals surface area contributed by atoms with Gasteiger partial charge in [-0.3, -0.25) is 9.97 Å². The summed E-state index contributed by atoms with van der Waals surface area (Å²) in [6, 6.07) is 0. The Balaban J connectivity index is 2.39. The third-order valence-electron chi connectivity index (χ3n) is 1.24. The van der Waals surface area contributed by atoms with Crippen LogP contribution in [-0.2, 0) is 6.42 Å². The standard InChI is InChI=1S/C7H8Br2N2/c8-7(9)2-1-6-5-10-3-4-11-6/h3-5,7H,1-2H2. The molecule has 0 radical (unpaired) electrons. The lowest BCUT2D eigenvalue weighted by Crippen LogP contribution is -1.94. The van der Waals surface area contributed by atoms with E-state index in [0.717, 1.165) is 18.5 Å². The summed E-state index contributed by atoms with van der Waals surface area (Å²) < 4.78 is 0.372.